The molecule has 2 unspecified atom stereocenters. The van der Waals surface area contributed by atoms with Gasteiger partial charge in [-0.1, -0.05) is 0 Å². The molecule has 0 spiro atoms. The van der Waals surface area contributed by atoms with Gasteiger partial charge in [0.05, 0.1) is 6.04 Å². The second-order valence-corrected chi connectivity index (χ2v) is 4.45. The minimum Gasteiger partial charge on any atom is -0.358 e. The van der Waals surface area contributed by atoms with E-state index in [0.717, 1.165) is 26.2 Å². The van der Waals surface area contributed by atoms with Crippen LogP contribution < -0.4 is 11.1 Å². The minimum absolute atomic E-state index is 0.0275. The lowest BCUT2D eigenvalue weighted by molar-refractivity contribution is -0.126. The number of nitrogens with zero attached hydrogens (tertiary/aromatic N) is 2. The lowest BCUT2D eigenvalue weighted by Crippen LogP contribution is -2.56. The summed E-state index contributed by atoms with van der Waals surface area (Å²) >= 11 is 0. The molecule has 0 saturated carbocycles. The standard InChI is InChI=1S/C11H24N4O/c1-9(8-12)14-4-6-15(7-5-14)10(2)11(16)13-3/h9-10H,4-8,12H2,1-3H3,(H,13,16). The zero-order valence-electron chi connectivity index (χ0n) is 10.6. The van der Waals surface area contributed by atoms with Crippen LogP contribution in [-0.2, 0) is 4.79 Å². The Hall–Kier alpha value is -0.650. The second-order valence-electron chi connectivity index (χ2n) is 4.45. The van der Waals surface area contributed by atoms with Crippen molar-refractivity contribution in [1.82, 2.24) is 15.1 Å². The van der Waals surface area contributed by atoms with Crippen molar-refractivity contribution < 1.29 is 4.79 Å². The van der Waals surface area contributed by atoms with E-state index in [0.29, 0.717) is 12.6 Å². The van der Waals surface area contributed by atoms with Gasteiger partial charge in [0, 0.05) is 45.8 Å². The van der Waals surface area contributed by atoms with Gasteiger partial charge in [0.25, 0.3) is 0 Å². The molecule has 1 aliphatic heterocycles. The lowest BCUT2D eigenvalue weighted by Gasteiger charge is -2.39. The van der Waals surface area contributed by atoms with E-state index in [1.54, 1.807) is 7.05 Å². The number of nitrogens with two attached hydrogens (primary N) is 1. The summed E-state index contributed by atoms with van der Waals surface area (Å²) in [5.41, 5.74) is 5.65. The van der Waals surface area contributed by atoms with E-state index in [1.165, 1.54) is 0 Å². The largest absolute Gasteiger partial charge is 0.358 e. The number of likely N-dealkylation sites (N-methyl/N-ethyl adjacent to an activating group) is 1. The topological polar surface area (TPSA) is 61.6 Å². The van der Waals surface area contributed by atoms with Crippen molar-refractivity contribution in [1.29, 1.82) is 0 Å². The van der Waals surface area contributed by atoms with Crippen molar-refractivity contribution in [2.24, 2.45) is 5.73 Å². The molecule has 0 bridgehead atoms. The summed E-state index contributed by atoms with van der Waals surface area (Å²) in [6.45, 7) is 8.70. The first-order valence-electron chi connectivity index (χ1n) is 6.00. The number of rotatable bonds is 4. The van der Waals surface area contributed by atoms with Crippen LogP contribution in [0, 0.1) is 0 Å². The maximum atomic E-state index is 11.5. The number of hydrogen-bond donors (Lipinski definition) is 2. The molecule has 0 aliphatic carbocycles. The van der Waals surface area contributed by atoms with Crippen molar-refractivity contribution in [3.05, 3.63) is 0 Å². The zero-order chi connectivity index (χ0) is 12.1. The predicted molar refractivity (Wildman–Crippen MR) is 65.2 cm³/mol. The van der Waals surface area contributed by atoms with Gasteiger partial charge in [-0.15, -0.1) is 0 Å². The lowest BCUT2D eigenvalue weighted by atomic mass is 10.2. The monoisotopic (exact) mass is 228 g/mol. The Balaban J connectivity index is 2.39. The van der Waals surface area contributed by atoms with Gasteiger partial charge < -0.3 is 11.1 Å². The van der Waals surface area contributed by atoms with Crippen molar-refractivity contribution >= 4 is 5.91 Å². The molecule has 1 heterocycles. The molecule has 5 nitrogen and oxygen atoms in total. The molecule has 1 rings (SSSR count). The van der Waals surface area contributed by atoms with E-state index in [2.05, 4.69) is 22.0 Å². The first kappa shape index (κ1) is 13.4. The molecule has 94 valence electrons. The van der Waals surface area contributed by atoms with Crippen LogP contribution in [-0.4, -0.2) is 67.6 Å². The summed E-state index contributed by atoms with van der Waals surface area (Å²) in [5, 5.41) is 2.69. The van der Waals surface area contributed by atoms with Gasteiger partial charge in [0.2, 0.25) is 5.91 Å². The van der Waals surface area contributed by atoms with Crippen LogP contribution in [0.4, 0.5) is 0 Å². The first-order chi connectivity index (χ1) is 7.60. The molecule has 1 aliphatic rings. The molecule has 0 aromatic rings. The minimum atomic E-state index is -0.0275. The van der Waals surface area contributed by atoms with Crippen LogP contribution in [0.1, 0.15) is 13.8 Å². The Morgan fingerprint density at radius 1 is 1.25 bits per heavy atom. The number of hydrogen-bond acceptors (Lipinski definition) is 4. The second kappa shape index (κ2) is 6.18. The molecule has 3 N–H and O–H groups in total. The van der Waals surface area contributed by atoms with Gasteiger partial charge >= 0.3 is 0 Å². The van der Waals surface area contributed by atoms with Gasteiger partial charge in [-0.3, -0.25) is 14.6 Å². The SMILES string of the molecule is CNC(=O)C(C)N1CCN(C(C)CN)CC1. The molecule has 1 saturated heterocycles. The average molecular weight is 228 g/mol. The van der Waals surface area contributed by atoms with E-state index in [-0.39, 0.29) is 11.9 Å². The maximum Gasteiger partial charge on any atom is 0.236 e. The third-order valence-corrected chi connectivity index (χ3v) is 3.49. The maximum absolute atomic E-state index is 11.5. The van der Waals surface area contributed by atoms with E-state index < -0.39 is 0 Å². The van der Waals surface area contributed by atoms with Crippen LogP contribution >= 0.6 is 0 Å². The van der Waals surface area contributed by atoms with Crippen molar-refractivity contribution in [3.63, 3.8) is 0 Å². The predicted octanol–water partition coefficient (Wildman–Crippen LogP) is -0.914. The molecule has 5 heteroatoms. The third kappa shape index (κ3) is 3.17. The van der Waals surface area contributed by atoms with Gasteiger partial charge in [-0.05, 0) is 13.8 Å². The highest BCUT2D eigenvalue weighted by atomic mass is 16.2. The summed E-state index contributed by atoms with van der Waals surface area (Å²) in [6.07, 6.45) is 0. The highest BCUT2D eigenvalue weighted by Crippen LogP contribution is 2.08. The molecule has 1 fully saturated rings. The Morgan fingerprint density at radius 2 is 1.75 bits per heavy atom. The van der Waals surface area contributed by atoms with E-state index in [4.69, 9.17) is 5.73 Å². The third-order valence-electron chi connectivity index (χ3n) is 3.49. The van der Waals surface area contributed by atoms with Gasteiger partial charge in [0.15, 0.2) is 0 Å². The van der Waals surface area contributed by atoms with Gasteiger partial charge in [-0.25, -0.2) is 0 Å². The molecular weight excluding hydrogens is 204 g/mol. The molecular formula is C11H24N4O. The highest BCUT2D eigenvalue weighted by molar-refractivity contribution is 5.80. The summed E-state index contributed by atoms with van der Waals surface area (Å²) in [5.74, 6) is 0.0975. The Bertz CT molecular complexity index is 226. The van der Waals surface area contributed by atoms with Gasteiger partial charge in [0.1, 0.15) is 0 Å². The summed E-state index contributed by atoms with van der Waals surface area (Å²) in [6, 6.07) is 0.415. The van der Waals surface area contributed by atoms with Crippen molar-refractivity contribution in [2.75, 3.05) is 39.8 Å². The smallest absolute Gasteiger partial charge is 0.236 e. The highest BCUT2D eigenvalue weighted by Gasteiger charge is 2.26. The molecule has 16 heavy (non-hydrogen) atoms. The number of piperazine rings is 1. The molecule has 0 aromatic heterocycles. The van der Waals surface area contributed by atoms with Crippen LogP contribution in [0.3, 0.4) is 0 Å². The fourth-order valence-corrected chi connectivity index (χ4v) is 2.09. The van der Waals surface area contributed by atoms with Crippen molar-refractivity contribution in [3.8, 4) is 0 Å². The normalized spacial score (nSPS) is 22.8. The van der Waals surface area contributed by atoms with Gasteiger partial charge in [-0.2, -0.15) is 0 Å². The van der Waals surface area contributed by atoms with Crippen LogP contribution in [0.15, 0.2) is 0 Å². The zero-order valence-corrected chi connectivity index (χ0v) is 10.6. The quantitative estimate of drug-likeness (QED) is 0.654. The van der Waals surface area contributed by atoms with Crippen molar-refractivity contribution in [2.45, 2.75) is 25.9 Å². The van der Waals surface area contributed by atoms with E-state index >= 15 is 0 Å². The van der Waals surface area contributed by atoms with Crippen LogP contribution in [0.25, 0.3) is 0 Å². The first-order valence-corrected chi connectivity index (χ1v) is 6.00. The number of amides is 1. The molecule has 2 atom stereocenters. The summed E-state index contributed by atoms with van der Waals surface area (Å²) < 4.78 is 0. The van der Waals surface area contributed by atoms with E-state index in [9.17, 15) is 4.79 Å². The summed E-state index contributed by atoms with van der Waals surface area (Å²) in [7, 11) is 1.69. The Morgan fingerprint density at radius 3 is 2.19 bits per heavy atom. The Kier molecular flexibility index (Phi) is 5.18. The number of carbonyl (C=O) groups is 1. The Labute approximate surface area is 98.0 Å². The van der Waals surface area contributed by atoms with E-state index in [1.807, 2.05) is 6.92 Å². The fourth-order valence-electron chi connectivity index (χ4n) is 2.09. The van der Waals surface area contributed by atoms with Crippen LogP contribution in [0.2, 0.25) is 0 Å². The molecule has 0 aromatic carbocycles. The number of nitrogens with one attached hydrogen (secondary N) is 1. The number of carbonyl (C=O) groups excluding carboxylic acids is 1. The fraction of sp³-hybridized carbons (Fsp3) is 0.909. The molecule has 1 amide bonds. The molecule has 0 radical (unpaired) electrons. The van der Waals surface area contributed by atoms with Crippen LogP contribution in [0.5, 0.6) is 0 Å². The summed E-state index contributed by atoms with van der Waals surface area (Å²) in [4.78, 5) is 16.1. The average Bonchev–Trinajstić information content (AvgIpc) is 2.36.